The van der Waals surface area contributed by atoms with Gasteiger partial charge in [0.2, 0.25) is 11.8 Å². The molecule has 1 aromatic carbocycles. The monoisotopic (exact) mass is 362 g/mol. The second-order valence-corrected chi connectivity index (χ2v) is 7.24. The first-order valence-electron chi connectivity index (χ1n) is 9.23. The molecule has 1 spiro atoms. The van der Waals surface area contributed by atoms with Crippen molar-refractivity contribution in [3.63, 3.8) is 0 Å². The third-order valence-electron chi connectivity index (χ3n) is 5.60. The number of carbonyl (C=O) groups is 2. The third-order valence-corrected chi connectivity index (χ3v) is 5.60. The highest BCUT2D eigenvalue weighted by molar-refractivity contribution is 6.01. The molecule has 2 heterocycles. The smallest absolute Gasteiger partial charge is 0.249 e. The lowest BCUT2D eigenvalue weighted by Gasteiger charge is -2.35. The van der Waals surface area contributed by atoms with Crippen LogP contribution in [0, 0.1) is 5.82 Å². The number of ether oxygens (including phenoxy) is 2. The topological polar surface area (TPSA) is 76.7 Å². The van der Waals surface area contributed by atoms with Gasteiger partial charge in [-0.1, -0.05) is 12.1 Å². The minimum Gasteiger partial charge on any atom is -0.371 e. The summed E-state index contributed by atoms with van der Waals surface area (Å²) in [5.74, 6) is -1.35. The molecule has 1 saturated carbocycles. The van der Waals surface area contributed by atoms with Crippen molar-refractivity contribution in [2.45, 2.75) is 56.3 Å². The van der Waals surface area contributed by atoms with Crippen LogP contribution in [-0.4, -0.2) is 36.9 Å². The summed E-state index contributed by atoms with van der Waals surface area (Å²) in [6.07, 6.45) is 3.77. The van der Waals surface area contributed by atoms with Gasteiger partial charge in [-0.25, -0.2) is 4.39 Å². The van der Waals surface area contributed by atoms with Crippen LogP contribution in [-0.2, 0) is 19.1 Å². The summed E-state index contributed by atoms with van der Waals surface area (Å²) >= 11 is 0. The molecule has 4 rings (SSSR count). The van der Waals surface area contributed by atoms with Gasteiger partial charge >= 0.3 is 0 Å². The Labute approximate surface area is 151 Å². The summed E-state index contributed by atoms with van der Waals surface area (Å²) < 4.78 is 26.5. The third kappa shape index (κ3) is 3.33. The van der Waals surface area contributed by atoms with E-state index < -0.39 is 17.7 Å². The van der Waals surface area contributed by atoms with Gasteiger partial charge in [0.1, 0.15) is 11.9 Å². The SMILES string of the molecule is O=C1CCC(Nc2cccc(C3CCC4(CC3)OCCO4)c2F)C(=O)N1. The Bertz CT molecular complexity index is 707. The van der Waals surface area contributed by atoms with E-state index in [2.05, 4.69) is 10.6 Å². The molecule has 1 atom stereocenters. The Morgan fingerprint density at radius 3 is 2.54 bits per heavy atom. The van der Waals surface area contributed by atoms with Crippen LogP contribution in [0.1, 0.15) is 50.0 Å². The lowest BCUT2D eigenvalue weighted by molar-refractivity contribution is -0.178. The van der Waals surface area contributed by atoms with E-state index >= 15 is 4.39 Å². The first-order valence-corrected chi connectivity index (χ1v) is 9.23. The van der Waals surface area contributed by atoms with Gasteiger partial charge in [0.05, 0.1) is 18.9 Å². The summed E-state index contributed by atoms with van der Waals surface area (Å²) in [4.78, 5) is 23.2. The average molecular weight is 362 g/mol. The fourth-order valence-electron chi connectivity index (χ4n) is 4.15. The number of piperidine rings is 1. The van der Waals surface area contributed by atoms with Gasteiger partial charge in [0.25, 0.3) is 0 Å². The predicted molar refractivity (Wildman–Crippen MR) is 92.0 cm³/mol. The second-order valence-electron chi connectivity index (χ2n) is 7.24. The summed E-state index contributed by atoms with van der Waals surface area (Å²) in [7, 11) is 0. The molecule has 2 aliphatic heterocycles. The zero-order chi connectivity index (χ0) is 18.1. The first kappa shape index (κ1) is 17.4. The van der Waals surface area contributed by atoms with Gasteiger partial charge in [-0.2, -0.15) is 0 Å². The molecule has 7 heteroatoms. The van der Waals surface area contributed by atoms with E-state index in [1.807, 2.05) is 6.07 Å². The van der Waals surface area contributed by atoms with Gasteiger partial charge in [-0.05, 0) is 36.8 Å². The maximum atomic E-state index is 15.1. The van der Waals surface area contributed by atoms with Crippen molar-refractivity contribution in [3.05, 3.63) is 29.6 Å². The summed E-state index contributed by atoms with van der Waals surface area (Å²) in [6.45, 7) is 1.26. The molecule has 0 aromatic heterocycles. The lowest BCUT2D eigenvalue weighted by Crippen LogP contribution is -2.47. The fraction of sp³-hybridized carbons (Fsp3) is 0.579. The molecular formula is C19H23FN2O4. The second kappa shape index (κ2) is 6.96. The Morgan fingerprint density at radius 2 is 1.85 bits per heavy atom. The van der Waals surface area contributed by atoms with E-state index in [0.29, 0.717) is 30.9 Å². The van der Waals surface area contributed by atoms with E-state index in [1.165, 1.54) is 0 Å². The molecule has 26 heavy (non-hydrogen) atoms. The number of rotatable bonds is 3. The quantitative estimate of drug-likeness (QED) is 0.808. The number of benzene rings is 1. The van der Waals surface area contributed by atoms with Crippen molar-refractivity contribution < 1.29 is 23.5 Å². The van der Waals surface area contributed by atoms with Crippen molar-refractivity contribution in [1.82, 2.24) is 5.32 Å². The van der Waals surface area contributed by atoms with Crippen LogP contribution in [0.4, 0.5) is 10.1 Å². The van der Waals surface area contributed by atoms with E-state index in [0.717, 1.165) is 25.7 Å². The standard InChI is InChI=1S/C19H23FN2O4/c20-17-13(12-6-8-19(9-7-12)25-10-11-26-19)2-1-3-14(17)21-15-4-5-16(23)22-18(15)24/h1-3,12,15,21H,4-11H2,(H,22,23,24). The van der Waals surface area contributed by atoms with Gasteiger partial charge in [0, 0.05) is 19.3 Å². The zero-order valence-corrected chi connectivity index (χ0v) is 14.6. The highest BCUT2D eigenvalue weighted by atomic mass is 19.1. The van der Waals surface area contributed by atoms with Crippen LogP contribution < -0.4 is 10.6 Å². The van der Waals surface area contributed by atoms with E-state index in [9.17, 15) is 9.59 Å². The number of amides is 2. The van der Waals surface area contributed by atoms with Gasteiger partial charge in [0.15, 0.2) is 5.79 Å². The van der Waals surface area contributed by atoms with Crippen LogP contribution >= 0.6 is 0 Å². The molecule has 2 saturated heterocycles. The Morgan fingerprint density at radius 1 is 1.12 bits per heavy atom. The van der Waals surface area contributed by atoms with E-state index in [1.54, 1.807) is 12.1 Å². The maximum Gasteiger partial charge on any atom is 0.249 e. The van der Waals surface area contributed by atoms with Gasteiger partial charge < -0.3 is 14.8 Å². The molecule has 2 amide bonds. The summed E-state index contributed by atoms with van der Waals surface area (Å²) in [5, 5.41) is 5.24. The minimum atomic E-state index is -0.590. The number of hydrogen-bond donors (Lipinski definition) is 2. The molecule has 3 fully saturated rings. The molecule has 3 aliphatic rings. The van der Waals surface area contributed by atoms with Crippen molar-refractivity contribution >= 4 is 17.5 Å². The lowest BCUT2D eigenvalue weighted by atomic mass is 9.80. The van der Waals surface area contributed by atoms with Crippen molar-refractivity contribution in [2.24, 2.45) is 0 Å². The molecular weight excluding hydrogens is 339 g/mol. The Balaban J connectivity index is 1.46. The normalized spacial score (nSPS) is 26.1. The molecule has 2 N–H and O–H groups in total. The molecule has 6 nitrogen and oxygen atoms in total. The van der Waals surface area contributed by atoms with E-state index in [4.69, 9.17) is 9.47 Å². The minimum absolute atomic E-state index is 0.108. The number of halogens is 1. The summed E-state index contributed by atoms with van der Waals surface area (Å²) in [6, 6.07) is 4.66. The van der Waals surface area contributed by atoms with Gasteiger partial charge in [-0.3, -0.25) is 14.9 Å². The number of carbonyl (C=O) groups excluding carboxylic acids is 2. The van der Waals surface area contributed by atoms with Crippen LogP contribution in [0.5, 0.6) is 0 Å². The molecule has 0 bridgehead atoms. The number of hydrogen-bond acceptors (Lipinski definition) is 5. The summed E-state index contributed by atoms with van der Waals surface area (Å²) in [5.41, 5.74) is 0.973. The number of nitrogens with one attached hydrogen (secondary N) is 2. The van der Waals surface area contributed by atoms with Crippen molar-refractivity contribution in [2.75, 3.05) is 18.5 Å². The van der Waals surface area contributed by atoms with Crippen molar-refractivity contribution in [3.8, 4) is 0 Å². The molecule has 1 aromatic rings. The number of imide groups is 1. The van der Waals surface area contributed by atoms with Crippen LogP contribution in [0.2, 0.25) is 0 Å². The number of anilines is 1. The first-order chi connectivity index (χ1) is 12.6. The molecule has 1 aliphatic carbocycles. The Hall–Kier alpha value is -1.99. The van der Waals surface area contributed by atoms with E-state index in [-0.39, 0.29) is 24.1 Å². The molecule has 0 radical (unpaired) electrons. The maximum absolute atomic E-state index is 15.1. The average Bonchev–Trinajstić information content (AvgIpc) is 3.08. The molecule has 140 valence electrons. The van der Waals surface area contributed by atoms with Crippen LogP contribution in [0.15, 0.2) is 18.2 Å². The largest absolute Gasteiger partial charge is 0.371 e. The fourth-order valence-corrected chi connectivity index (χ4v) is 4.15. The van der Waals surface area contributed by atoms with Crippen LogP contribution in [0.25, 0.3) is 0 Å². The zero-order valence-electron chi connectivity index (χ0n) is 14.6. The Kier molecular flexibility index (Phi) is 4.67. The molecule has 1 unspecified atom stereocenters. The highest BCUT2D eigenvalue weighted by Crippen LogP contribution is 2.43. The van der Waals surface area contributed by atoms with Crippen molar-refractivity contribution in [1.29, 1.82) is 0 Å². The van der Waals surface area contributed by atoms with Crippen LogP contribution in [0.3, 0.4) is 0 Å². The van der Waals surface area contributed by atoms with Gasteiger partial charge in [-0.15, -0.1) is 0 Å². The predicted octanol–water partition coefficient (Wildman–Crippen LogP) is 2.44. The highest BCUT2D eigenvalue weighted by Gasteiger charge is 2.41.